The van der Waals surface area contributed by atoms with Gasteiger partial charge in [-0.1, -0.05) is 11.6 Å². The first-order valence-electron chi connectivity index (χ1n) is 4.44. The van der Waals surface area contributed by atoms with Gasteiger partial charge < -0.3 is 10.2 Å². The number of rotatable bonds is 2. The lowest BCUT2D eigenvalue weighted by atomic mass is 10.1. The van der Waals surface area contributed by atoms with Crippen LogP contribution in [0.15, 0.2) is 12.3 Å². The van der Waals surface area contributed by atoms with Gasteiger partial charge in [0, 0.05) is 25.3 Å². The minimum Gasteiger partial charge on any atom is -0.351 e. The molecule has 0 bridgehead atoms. The van der Waals surface area contributed by atoms with E-state index < -0.39 is 0 Å². The van der Waals surface area contributed by atoms with Gasteiger partial charge in [-0.2, -0.15) is 0 Å². The van der Waals surface area contributed by atoms with Gasteiger partial charge in [0.05, 0.1) is 5.02 Å². The molecule has 3 nitrogen and oxygen atoms in total. The summed E-state index contributed by atoms with van der Waals surface area (Å²) in [5.74, 6) is 0.0351. The molecule has 2 rings (SSSR count). The molecule has 5 heteroatoms. The number of halogens is 2. The Morgan fingerprint density at radius 1 is 1.64 bits per heavy atom. The van der Waals surface area contributed by atoms with Gasteiger partial charge in [0.25, 0.3) is 0 Å². The second-order valence-corrected chi connectivity index (χ2v) is 3.79. The van der Waals surface area contributed by atoms with Crippen molar-refractivity contribution >= 4 is 17.4 Å². The Labute approximate surface area is 86.9 Å². The Balaban J connectivity index is 2.11. The van der Waals surface area contributed by atoms with Crippen molar-refractivity contribution in [2.45, 2.75) is 6.04 Å². The highest BCUT2D eigenvalue weighted by molar-refractivity contribution is 6.30. The number of nitrogens with one attached hydrogen (secondary N) is 1. The van der Waals surface area contributed by atoms with E-state index in [0.29, 0.717) is 16.9 Å². The number of nitrogens with zero attached hydrogens (tertiary/aromatic N) is 2. The summed E-state index contributed by atoms with van der Waals surface area (Å²) in [4.78, 5) is 5.84. The summed E-state index contributed by atoms with van der Waals surface area (Å²) in [6, 6.07) is 1.73. The topological polar surface area (TPSA) is 28.2 Å². The molecule has 0 atom stereocenters. The fraction of sp³-hybridized carbons (Fsp3) is 0.444. The average molecular weight is 216 g/mol. The van der Waals surface area contributed by atoms with Crippen molar-refractivity contribution in [3.8, 4) is 0 Å². The zero-order valence-electron chi connectivity index (χ0n) is 7.80. The van der Waals surface area contributed by atoms with Crippen LogP contribution in [0.2, 0.25) is 5.02 Å². The van der Waals surface area contributed by atoms with Crippen LogP contribution >= 0.6 is 11.6 Å². The van der Waals surface area contributed by atoms with Crippen molar-refractivity contribution in [2.75, 3.05) is 25.0 Å². The lowest BCUT2D eigenvalue weighted by Crippen LogP contribution is -2.57. The third kappa shape index (κ3) is 1.67. The largest absolute Gasteiger partial charge is 0.351 e. The molecule has 2 heterocycles. The molecule has 0 aromatic carbocycles. The van der Waals surface area contributed by atoms with Crippen LogP contribution < -0.4 is 10.2 Å². The highest BCUT2D eigenvalue weighted by Crippen LogP contribution is 2.23. The van der Waals surface area contributed by atoms with E-state index in [1.807, 2.05) is 11.9 Å². The predicted molar refractivity (Wildman–Crippen MR) is 54.3 cm³/mol. The summed E-state index contributed by atoms with van der Waals surface area (Å²) >= 11 is 5.61. The molecule has 76 valence electrons. The quantitative estimate of drug-likeness (QED) is 0.806. The molecule has 1 aliphatic heterocycles. The lowest BCUT2D eigenvalue weighted by Gasteiger charge is -2.39. The van der Waals surface area contributed by atoms with Gasteiger partial charge in [0.15, 0.2) is 11.6 Å². The van der Waals surface area contributed by atoms with Gasteiger partial charge in [-0.25, -0.2) is 9.37 Å². The molecule has 0 spiro atoms. The van der Waals surface area contributed by atoms with E-state index in [1.54, 1.807) is 0 Å². The van der Waals surface area contributed by atoms with E-state index in [1.165, 1.54) is 12.3 Å². The van der Waals surface area contributed by atoms with Crippen LogP contribution in [0.25, 0.3) is 0 Å². The molecule has 1 fully saturated rings. The van der Waals surface area contributed by atoms with Crippen LogP contribution in [-0.2, 0) is 0 Å². The Kier molecular flexibility index (Phi) is 2.56. The summed E-state index contributed by atoms with van der Waals surface area (Å²) in [6.07, 6.45) is 1.46. The molecule has 0 amide bonds. The SMILES string of the molecule is CNC1CN(c2ncc(Cl)cc2F)C1. The van der Waals surface area contributed by atoms with Gasteiger partial charge in [0.1, 0.15) is 0 Å². The van der Waals surface area contributed by atoms with Crippen LogP contribution in [0.5, 0.6) is 0 Å². The smallest absolute Gasteiger partial charge is 0.167 e. The van der Waals surface area contributed by atoms with Crippen molar-refractivity contribution in [2.24, 2.45) is 0 Å². The molecule has 0 saturated carbocycles. The Morgan fingerprint density at radius 2 is 2.36 bits per heavy atom. The van der Waals surface area contributed by atoms with E-state index >= 15 is 0 Å². The average Bonchev–Trinajstić information content (AvgIpc) is 2.06. The molecule has 1 aliphatic rings. The minimum atomic E-state index is -0.355. The molecule has 14 heavy (non-hydrogen) atoms. The number of aromatic nitrogens is 1. The van der Waals surface area contributed by atoms with E-state index in [-0.39, 0.29) is 5.82 Å². The lowest BCUT2D eigenvalue weighted by molar-refractivity contribution is 0.439. The predicted octanol–water partition coefficient (Wildman–Crippen LogP) is 1.28. The van der Waals surface area contributed by atoms with Crippen LogP contribution in [0.3, 0.4) is 0 Å². The van der Waals surface area contributed by atoms with Crippen molar-refractivity contribution in [1.82, 2.24) is 10.3 Å². The Hall–Kier alpha value is -0.870. The van der Waals surface area contributed by atoms with Crippen LogP contribution in [-0.4, -0.2) is 31.2 Å². The molecule has 1 saturated heterocycles. The van der Waals surface area contributed by atoms with E-state index in [9.17, 15) is 4.39 Å². The molecule has 0 radical (unpaired) electrons. The van der Waals surface area contributed by atoms with Crippen molar-refractivity contribution in [1.29, 1.82) is 0 Å². The zero-order valence-corrected chi connectivity index (χ0v) is 8.55. The molecule has 1 aromatic heterocycles. The second kappa shape index (κ2) is 3.71. The number of anilines is 1. The monoisotopic (exact) mass is 215 g/mol. The molecule has 0 unspecified atom stereocenters. The van der Waals surface area contributed by atoms with Gasteiger partial charge in [-0.05, 0) is 13.1 Å². The number of pyridine rings is 1. The summed E-state index contributed by atoms with van der Waals surface area (Å²) in [5, 5.41) is 3.44. The zero-order chi connectivity index (χ0) is 10.1. The highest BCUT2D eigenvalue weighted by Gasteiger charge is 2.28. The van der Waals surface area contributed by atoms with Crippen LogP contribution in [0, 0.1) is 5.82 Å². The second-order valence-electron chi connectivity index (χ2n) is 3.35. The van der Waals surface area contributed by atoms with Crippen LogP contribution in [0.4, 0.5) is 10.2 Å². The third-order valence-corrected chi connectivity index (χ3v) is 2.58. The van der Waals surface area contributed by atoms with Crippen molar-refractivity contribution in [3.63, 3.8) is 0 Å². The fourth-order valence-electron chi connectivity index (χ4n) is 1.47. The normalized spacial score (nSPS) is 16.9. The van der Waals surface area contributed by atoms with E-state index in [4.69, 9.17) is 11.6 Å². The highest BCUT2D eigenvalue weighted by atomic mass is 35.5. The van der Waals surface area contributed by atoms with Gasteiger partial charge >= 0.3 is 0 Å². The molecule has 0 aliphatic carbocycles. The first kappa shape index (κ1) is 9.68. The van der Waals surface area contributed by atoms with Gasteiger partial charge in [-0.15, -0.1) is 0 Å². The van der Waals surface area contributed by atoms with Gasteiger partial charge in [-0.3, -0.25) is 0 Å². The Bertz CT molecular complexity index is 339. The first-order valence-corrected chi connectivity index (χ1v) is 4.81. The molecule has 1 aromatic rings. The van der Waals surface area contributed by atoms with Crippen molar-refractivity contribution < 1.29 is 4.39 Å². The van der Waals surface area contributed by atoms with Crippen LogP contribution in [0.1, 0.15) is 0 Å². The van der Waals surface area contributed by atoms with Gasteiger partial charge in [0.2, 0.25) is 0 Å². The number of likely N-dealkylation sites (N-methyl/N-ethyl adjacent to an activating group) is 1. The summed E-state index contributed by atoms with van der Waals surface area (Å²) in [5.41, 5.74) is 0. The molecule has 1 N–H and O–H groups in total. The standard InChI is InChI=1S/C9H11ClFN3/c1-12-7-4-14(5-7)9-8(11)2-6(10)3-13-9/h2-3,7,12H,4-5H2,1H3. The first-order chi connectivity index (χ1) is 6.70. The van der Waals surface area contributed by atoms with E-state index in [2.05, 4.69) is 10.3 Å². The molecular formula is C9H11ClFN3. The Morgan fingerprint density at radius 3 is 2.93 bits per heavy atom. The number of hydrogen-bond donors (Lipinski definition) is 1. The maximum atomic E-state index is 13.3. The summed E-state index contributed by atoms with van der Waals surface area (Å²) < 4.78 is 13.3. The fourth-order valence-corrected chi connectivity index (χ4v) is 1.62. The minimum absolute atomic E-state index is 0.330. The third-order valence-electron chi connectivity index (χ3n) is 2.38. The summed E-state index contributed by atoms with van der Waals surface area (Å²) in [7, 11) is 1.90. The maximum absolute atomic E-state index is 13.3. The maximum Gasteiger partial charge on any atom is 0.167 e. The number of hydrogen-bond acceptors (Lipinski definition) is 3. The summed E-state index contributed by atoms with van der Waals surface area (Å²) in [6.45, 7) is 1.59. The van der Waals surface area contributed by atoms with E-state index in [0.717, 1.165) is 13.1 Å². The van der Waals surface area contributed by atoms with Crippen molar-refractivity contribution in [3.05, 3.63) is 23.1 Å². The molecular weight excluding hydrogens is 205 g/mol.